The Morgan fingerprint density at radius 3 is 2.19 bits per heavy atom. The first-order valence-electron chi connectivity index (χ1n) is 5.17. The number of hydrazone groups is 1. The van der Waals surface area contributed by atoms with Crippen molar-refractivity contribution in [2.45, 2.75) is 26.2 Å². The number of hydrogen-bond acceptors (Lipinski definition) is 1. The molecule has 4 heteroatoms. The molecule has 0 aliphatic rings. The lowest BCUT2D eigenvalue weighted by Gasteiger charge is -2.18. The van der Waals surface area contributed by atoms with Gasteiger partial charge >= 0.3 is 0 Å². The first-order valence-corrected chi connectivity index (χ1v) is 5.17. The van der Waals surface area contributed by atoms with E-state index in [-0.39, 0.29) is 11.4 Å². The van der Waals surface area contributed by atoms with Gasteiger partial charge in [0.1, 0.15) is 0 Å². The van der Waals surface area contributed by atoms with Crippen molar-refractivity contribution < 1.29 is 5.10 Å². The van der Waals surface area contributed by atoms with Crippen LogP contribution in [0.3, 0.4) is 0 Å². The first-order chi connectivity index (χ1) is 7.39. The summed E-state index contributed by atoms with van der Waals surface area (Å²) in [7, 11) is 0. The molecule has 0 aliphatic carbocycles. The third-order valence-electron chi connectivity index (χ3n) is 2.20. The van der Waals surface area contributed by atoms with Gasteiger partial charge in [0.05, 0.1) is 0 Å². The van der Waals surface area contributed by atoms with Gasteiger partial charge in [0, 0.05) is 10.7 Å². The highest BCUT2D eigenvalue weighted by Crippen LogP contribution is 2.21. The summed E-state index contributed by atoms with van der Waals surface area (Å²) in [6, 6.07) is 8.25. The molecule has 0 aliphatic heterocycles. The number of nitrogens with one attached hydrogen (secondary N) is 1. The summed E-state index contributed by atoms with van der Waals surface area (Å²) < 4.78 is 0. The van der Waals surface area contributed by atoms with Crippen LogP contribution in [0.2, 0.25) is 0 Å². The molecule has 86 valence electrons. The lowest BCUT2D eigenvalue weighted by molar-refractivity contribution is -0.456. The molecule has 0 amide bonds. The number of nitrogens with zero attached hydrogens (tertiary/aromatic N) is 1. The maximum atomic E-state index is 5.18. The van der Waals surface area contributed by atoms with E-state index in [1.165, 1.54) is 5.56 Å². The standard InChI is InChI=1S/C12H18N4/c1-12(2,3)10-6-4-9(5-7-10)8-15-16-11(13)14/h4-8H,1-3H3,(H4,13,14,16)/p+1/b15-8+. The van der Waals surface area contributed by atoms with Crippen molar-refractivity contribution in [1.29, 1.82) is 0 Å². The number of benzene rings is 1. The zero-order chi connectivity index (χ0) is 12.2. The molecule has 0 aromatic heterocycles. The molecule has 4 nitrogen and oxygen atoms in total. The van der Waals surface area contributed by atoms with Crippen LogP contribution in [0.15, 0.2) is 29.4 Å². The van der Waals surface area contributed by atoms with Crippen molar-refractivity contribution in [3.05, 3.63) is 35.4 Å². The van der Waals surface area contributed by atoms with E-state index in [1.807, 2.05) is 12.1 Å². The minimum absolute atomic E-state index is 0.0163. The average molecular weight is 219 g/mol. The first kappa shape index (κ1) is 12.2. The monoisotopic (exact) mass is 219 g/mol. The Morgan fingerprint density at radius 2 is 1.75 bits per heavy atom. The summed E-state index contributed by atoms with van der Waals surface area (Å²) in [5.74, 6) is 0.0163. The third-order valence-corrected chi connectivity index (χ3v) is 2.20. The summed E-state index contributed by atoms with van der Waals surface area (Å²) in [6.07, 6.45) is 1.74. The van der Waals surface area contributed by atoms with Crippen LogP contribution in [0.4, 0.5) is 0 Å². The Morgan fingerprint density at radius 1 is 1.19 bits per heavy atom. The zero-order valence-corrected chi connectivity index (χ0v) is 9.99. The molecule has 1 rings (SSSR count). The average Bonchev–Trinajstić information content (AvgIpc) is 2.16. The van der Waals surface area contributed by atoms with Gasteiger partial charge in [0.15, 0.2) is 0 Å². The molecule has 0 heterocycles. The molecule has 1 aromatic rings. The van der Waals surface area contributed by atoms with Gasteiger partial charge < -0.3 is 11.5 Å². The van der Waals surface area contributed by atoms with E-state index in [2.05, 4.69) is 43.1 Å². The lowest BCUT2D eigenvalue weighted by Crippen LogP contribution is -2.63. The minimum atomic E-state index is 0.0163. The molecule has 0 bridgehead atoms. The van der Waals surface area contributed by atoms with Crippen molar-refractivity contribution in [3.63, 3.8) is 0 Å². The fraction of sp³-hybridized carbons (Fsp3) is 0.333. The highest BCUT2D eigenvalue weighted by Gasteiger charge is 2.12. The molecule has 0 radical (unpaired) electrons. The van der Waals surface area contributed by atoms with E-state index in [4.69, 9.17) is 11.5 Å². The number of hydrogen-bond donors (Lipinski definition) is 3. The van der Waals surface area contributed by atoms with Crippen molar-refractivity contribution in [1.82, 2.24) is 0 Å². The number of rotatable bonds is 2. The molecular weight excluding hydrogens is 200 g/mol. The summed E-state index contributed by atoms with van der Waals surface area (Å²) >= 11 is 0. The maximum Gasteiger partial charge on any atom is 0.256 e. The molecular formula is C12H19N4+. The highest BCUT2D eigenvalue weighted by atomic mass is 15.3. The summed E-state index contributed by atoms with van der Waals surface area (Å²) in [5, 5.41) is 6.33. The molecule has 0 unspecified atom stereocenters. The predicted octanol–water partition coefficient (Wildman–Crippen LogP) is -0.328. The fourth-order valence-corrected chi connectivity index (χ4v) is 1.26. The number of nitrogens with two attached hydrogens (primary N) is 2. The van der Waals surface area contributed by atoms with Crippen molar-refractivity contribution in [3.8, 4) is 0 Å². The summed E-state index contributed by atoms with van der Waals surface area (Å²) in [5.41, 5.74) is 12.9. The summed E-state index contributed by atoms with van der Waals surface area (Å²) in [6.45, 7) is 6.55. The molecule has 0 saturated carbocycles. The van der Waals surface area contributed by atoms with Crippen molar-refractivity contribution in [2.75, 3.05) is 0 Å². The van der Waals surface area contributed by atoms with E-state index < -0.39 is 0 Å². The summed E-state index contributed by atoms with van der Waals surface area (Å²) in [4.78, 5) is 0. The van der Waals surface area contributed by atoms with E-state index in [0.717, 1.165) is 5.56 Å². The molecule has 5 N–H and O–H groups in total. The fourth-order valence-electron chi connectivity index (χ4n) is 1.26. The SMILES string of the molecule is CC(C)(C)c1ccc(/C=[NH+]/N=C(N)N)cc1. The second kappa shape index (κ2) is 4.79. The van der Waals surface area contributed by atoms with Gasteiger partial charge in [-0.1, -0.05) is 32.9 Å². The molecule has 0 fully saturated rings. The van der Waals surface area contributed by atoms with Crippen LogP contribution in [0.25, 0.3) is 0 Å². The molecule has 1 aromatic carbocycles. The lowest BCUT2D eigenvalue weighted by atomic mass is 9.87. The van der Waals surface area contributed by atoms with Crippen LogP contribution in [0.5, 0.6) is 0 Å². The van der Waals surface area contributed by atoms with Crippen LogP contribution in [0.1, 0.15) is 31.9 Å². The Balaban J connectivity index is 2.80. The van der Waals surface area contributed by atoms with Crippen LogP contribution in [0, 0.1) is 0 Å². The van der Waals surface area contributed by atoms with E-state index in [0.29, 0.717) is 0 Å². The maximum absolute atomic E-state index is 5.18. The zero-order valence-electron chi connectivity index (χ0n) is 9.99. The third kappa shape index (κ3) is 3.73. The predicted molar refractivity (Wildman–Crippen MR) is 67.1 cm³/mol. The largest absolute Gasteiger partial charge is 0.365 e. The second-order valence-electron chi connectivity index (χ2n) is 4.68. The van der Waals surface area contributed by atoms with Gasteiger partial charge in [-0.3, -0.25) is 0 Å². The van der Waals surface area contributed by atoms with Crippen LogP contribution < -0.4 is 16.6 Å². The smallest absolute Gasteiger partial charge is 0.256 e. The van der Waals surface area contributed by atoms with Gasteiger partial charge in [-0.25, -0.2) is 0 Å². The minimum Gasteiger partial charge on any atom is -0.365 e. The Hall–Kier alpha value is -1.84. The second-order valence-corrected chi connectivity index (χ2v) is 4.68. The molecule has 0 saturated heterocycles. The molecule has 16 heavy (non-hydrogen) atoms. The Labute approximate surface area is 96.1 Å². The van der Waals surface area contributed by atoms with Gasteiger partial charge in [0.2, 0.25) is 6.21 Å². The van der Waals surface area contributed by atoms with Crippen LogP contribution >= 0.6 is 0 Å². The van der Waals surface area contributed by atoms with E-state index >= 15 is 0 Å². The van der Waals surface area contributed by atoms with Gasteiger partial charge in [-0.2, -0.15) is 0 Å². The van der Waals surface area contributed by atoms with E-state index in [1.54, 1.807) is 6.21 Å². The van der Waals surface area contributed by atoms with Gasteiger partial charge in [-0.05, 0) is 23.1 Å². The van der Waals surface area contributed by atoms with Crippen LogP contribution in [-0.2, 0) is 5.41 Å². The highest BCUT2D eigenvalue weighted by molar-refractivity contribution is 5.77. The van der Waals surface area contributed by atoms with E-state index in [9.17, 15) is 0 Å². The molecule has 0 atom stereocenters. The van der Waals surface area contributed by atoms with Gasteiger partial charge in [-0.15, -0.1) is 5.10 Å². The molecule has 0 spiro atoms. The Kier molecular flexibility index (Phi) is 3.66. The number of guanidine groups is 1. The van der Waals surface area contributed by atoms with Gasteiger partial charge in [0.25, 0.3) is 5.96 Å². The Bertz CT molecular complexity index is 392. The van der Waals surface area contributed by atoms with Crippen LogP contribution in [-0.4, -0.2) is 12.2 Å². The topological polar surface area (TPSA) is 78.4 Å². The normalized spacial score (nSPS) is 11.7. The van der Waals surface area contributed by atoms with Crippen molar-refractivity contribution in [2.24, 2.45) is 16.6 Å². The van der Waals surface area contributed by atoms with Crippen molar-refractivity contribution >= 4 is 12.2 Å². The quantitative estimate of drug-likeness (QED) is 0.362.